The van der Waals surface area contributed by atoms with Crippen LogP contribution in [0, 0.1) is 0 Å². The van der Waals surface area contributed by atoms with Crippen LogP contribution in [0.5, 0.6) is 0 Å². The molecular weight excluding hydrogens is 376 g/mol. The van der Waals surface area contributed by atoms with Gasteiger partial charge in [0.2, 0.25) is 0 Å². The van der Waals surface area contributed by atoms with E-state index in [1.54, 1.807) is 11.0 Å². The fourth-order valence-electron chi connectivity index (χ4n) is 3.75. The predicted molar refractivity (Wildman–Crippen MR) is 102 cm³/mol. The zero-order valence-electron chi connectivity index (χ0n) is 15.2. The molecule has 2 saturated carbocycles. The van der Waals surface area contributed by atoms with Crippen LogP contribution in [0.1, 0.15) is 52.0 Å². The van der Waals surface area contributed by atoms with Gasteiger partial charge in [-0.15, -0.1) is 0 Å². The van der Waals surface area contributed by atoms with Crippen molar-refractivity contribution >= 4 is 21.8 Å². The number of fused-ring (bicyclic) bond motifs is 1. The summed E-state index contributed by atoms with van der Waals surface area (Å²) >= 11 is 0. The van der Waals surface area contributed by atoms with E-state index in [9.17, 15) is 18.0 Å². The van der Waals surface area contributed by atoms with Crippen LogP contribution in [0.15, 0.2) is 53.4 Å². The Morgan fingerprint density at radius 2 is 1.75 bits per heavy atom. The summed E-state index contributed by atoms with van der Waals surface area (Å²) in [6.45, 7) is 0.487. The molecule has 5 rings (SSSR count). The van der Waals surface area contributed by atoms with Gasteiger partial charge in [0.15, 0.2) is 0 Å². The van der Waals surface area contributed by atoms with E-state index in [1.807, 2.05) is 30.3 Å². The molecule has 144 valence electrons. The summed E-state index contributed by atoms with van der Waals surface area (Å²) in [7, 11) is -3.86. The Morgan fingerprint density at radius 1 is 1.04 bits per heavy atom. The molecule has 2 aliphatic carbocycles. The lowest BCUT2D eigenvalue weighted by Gasteiger charge is -2.23. The first-order valence-electron chi connectivity index (χ1n) is 9.54. The normalized spacial score (nSPS) is 20.1. The summed E-state index contributed by atoms with van der Waals surface area (Å²) in [6, 6.07) is 14.1. The Balaban J connectivity index is 1.48. The number of nitrogens with zero attached hydrogens (tertiary/aromatic N) is 2. The third kappa shape index (κ3) is 2.81. The summed E-state index contributed by atoms with van der Waals surface area (Å²) in [5.74, 6) is -0.665. The number of carbonyl (C=O) groups excluding carboxylic acids is 2. The highest BCUT2D eigenvalue weighted by Gasteiger charge is 2.49. The molecular formula is C21H20N2O4S. The minimum absolute atomic E-state index is 0.0364. The fraction of sp³-hybridized carbons (Fsp3) is 0.333. The largest absolute Gasteiger partial charge is 0.331 e. The molecule has 0 saturated heterocycles. The molecule has 2 aromatic rings. The first-order valence-corrected chi connectivity index (χ1v) is 11.0. The number of sulfonamides is 1. The highest BCUT2D eigenvalue weighted by Crippen LogP contribution is 2.40. The zero-order chi connectivity index (χ0) is 19.5. The maximum Gasteiger partial charge on any atom is 0.269 e. The average Bonchev–Trinajstić information content (AvgIpc) is 3.60. The SMILES string of the molecule is O=C(c1ccc2c(c1)S(=O)(=O)N(C1CC1)C2=O)N(Cc1ccccc1)C1CC1. The van der Waals surface area contributed by atoms with E-state index >= 15 is 0 Å². The third-order valence-electron chi connectivity index (χ3n) is 5.52. The van der Waals surface area contributed by atoms with Crippen molar-refractivity contribution in [2.45, 2.75) is 49.2 Å². The van der Waals surface area contributed by atoms with Gasteiger partial charge in [-0.25, -0.2) is 12.7 Å². The zero-order valence-corrected chi connectivity index (χ0v) is 16.1. The number of carbonyl (C=O) groups is 2. The molecule has 1 heterocycles. The lowest BCUT2D eigenvalue weighted by Crippen LogP contribution is -2.33. The first-order chi connectivity index (χ1) is 13.5. The predicted octanol–water partition coefficient (Wildman–Crippen LogP) is 2.80. The molecule has 0 aromatic heterocycles. The molecule has 28 heavy (non-hydrogen) atoms. The molecule has 3 aliphatic rings. The number of amides is 2. The molecule has 1 aliphatic heterocycles. The van der Waals surface area contributed by atoms with Gasteiger partial charge in [0.1, 0.15) is 4.90 Å². The van der Waals surface area contributed by atoms with Crippen molar-refractivity contribution in [1.29, 1.82) is 0 Å². The standard InChI is InChI=1S/C21H20N2O4S/c24-20(22(16-7-8-16)13-14-4-2-1-3-5-14)15-6-11-18-19(12-15)28(26,27)23(21(18)25)17-9-10-17/h1-6,11-12,16-17H,7-10,13H2. The molecule has 0 atom stereocenters. The minimum atomic E-state index is -3.86. The second-order valence-corrected chi connectivity index (χ2v) is 9.48. The van der Waals surface area contributed by atoms with Gasteiger partial charge in [0, 0.05) is 24.2 Å². The summed E-state index contributed by atoms with van der Waals surface area (Å²) in [5.41, 5.74) is 1.52. The smallest absolute Gasteiger partial charge is 0.269 e. The van der Waals surface area contributed by atoms with Crippen molar-refractivity contribution in [2.75, 3.05) is 0 Å². The number of rotatable bonds is 5. The van der Waals surface area contributed by atoms with Crippen molar-refractivity contribution in [3.63, 3.8) is 0 Å². The molecule has 0 N–H and O–H groups in total. The molecule has 0 radical (unpaired) electrons. The van der Waals surface area contributed by atoms with Crippen LogP contribution in [-0.4, -0.2) is 41.5 Å². The van der Waals surface area contributed by atoms with Gasteiger partial charge < -0.3 is 4.90 Å². The molecule has 0 spiro atoms. The van der Waals surface area contributed by atoms with Crippen molar-refractivity contribution in [3.8, 4) is 0 Å². The monoisotopic (exact) mass is 396 g/mol. The third-order valence-corrected chi connectivity index (χ3v) is 7.39. The topological polar surface area (TPSA) is 74.8 Å². The van der Waals surface area contributed by atoms with Gasteiger partial charge in [-0.1, -0.05) is 30.3 Å². The first kappa shape index (κ1) is 17.4. The maximum absolute atomic E-state index is 13.2. The summed E-state index contributed by atoms with van der Waals surface area (Å²) in [6.07, 6.45) is 3.32. The summed E-state index contributed by atoms with van der Waals surface area (Å²) < 4.78 is 26.7. The lowest BCUT2D eigenvalue weighted by molar-refractivity contribution is 0.0728. The van der Waals surface area contributed by atoms with Gasteiger partial charge in [-0.05, 0) is 49.4 Å². The van der Waals surface area contributed by atoms with Gasteiger partial charge >= 0.3 is 0 Å². The van der Waals surface area contributed by atoms with Crippen molar-refractivity contribution in [2.24, 2.45) is 0 Å². The second-order valence-electron chi connectivity index (χ2n) is 7.70. The highest BCUT2D eigenvalue weighted by atomic mass is 32.2. The molecule has 2 aromatic carbocycles. The van der Waals surface area contributed by atoms with Crippen LogP contribution >= 0.6 is 0 Å². The van der Waals surface area contributed by atoms with Crippen molar-refractivity contribution in [3.05, 3.63) is 65.2 Å². The van der Waals surface area contributed by atoms with Crippen LogP contribution in [0.25, 0.3) is 0 Å². The Labute approximate surface area is 163 Å². The maximum atomic E-state index is 13.2. The number of hydrogen-bond donors (Lipinski definition) is 0. The fourth-order valence-corrected chi connectivity index (χ4v) is 5.59. The Kier molecular flexibility index (Phi) is 3.84. The van der Waals surface area contributed by atoms with Crippen LogP contribution in [0.2, 0.25) is 0 Å². The van der Waals surface area contributed by atoms with Gasteiger partial charge in [-0.2, -0.15) is 0 Å². The summed E-state index contributed by atoms with van der Waals surface area (Å²) in [4.78, 5) is 27.5. The van der Waals surface area contributed by atoms with Gasteiger partial charge in [0.25, 0.3) is 21.8 Å². The van der Waals surface area contributed by atoms with Crippen LogP contribution in [0.4, 0.5) is 0 Å². The Morgan fingerprint density at radius 3 is 2.39 bits per heavy atom. The van der Waals surface area contributed by atoms with E-state index in [0.717, 1.165) is 22.7 Å². The van der Waals surface area contributed by atoms with Crippen molar-refractivity contribution < 1.29 is 18.0 Å². The molecule has 7 heteroatoms. The number of benzene rings is 2. The van der Waals surface area contributed by atoms with Crippen LogP contribution in [-0.2, 0) is 16.6 Å². The van der Waals surface area contributed by atoms with E-state index in [4.69, 9.17) is 0 Å². The number of hydrogen-bond acceptors (Lipinski definition) is 4. The van der Waals surface area contributed by atoms with Gasteiger partial charge in [0.05, 0.1) is 5.56 Å². The molecule has 2 fully saturated rings. The highest BCUT2D eigenvalue weighted by molar-refractivity contribution is 7.90. The molecule has 6 nitrogen and oxygen atoms in total. The second kappa shape index (κ2) is 6.17. The Bertz CT molecular complexity index is 1070. The van der Waals surface area contributed by atoms with E-state index in [1.165, 1.54) is 12.1 Å². The Hall–Kier alpha value is -2.67. The van der Waals surface area contributed by atoms with E-state index in [0.29, 0.717) is 24.9 Å². The quantitative estimate of drug-likeness (QED) is 0.779. The molecule has 2 amide bonds. The summed E-state index contributed by atoms with van der Waals surface area (Å²) in [5, 5.41) is 0. The van der Waals surface area contributed by atoms with Crippen LogP contribution < -0.4 is 0 Å². The van der Waals surface area contributed by atoms with Gasteiger partial charge in [-0.3, -0.25) is 9.59 Å². The van der Waals surface area contributed by atoms with E-state index in [2.05, 4.69) is 0 Å². The molecule has 0 unspecified atom stereocenters. The average molecular weight is 396 g/mol. The lowest BCUT2D eigenvalue weighted by atomic mass is 10.1. The van der Waals surface area contributed by atoms with E-state index in [-0.39, 0.29) is 28.4 Å². The minimum Gasteiger partial charge on any atom is -0.331 e. The van der Waals surface area contributed by atoms with Crippen molar-refractivity contribution in [1.82, 2.24) is 9.21 Å². The van der Waals surface area contributed by atoms with Crippen LogP contribution in [0.3, 0.4) is 0 Å². The molecule has 0 bridgehead atoms. The van der Waals surface area contributed by atoms with E-state index < -0.39 is 15.9 Å².